The lowest BCUT2D eigenvalue weighted by Gasteiger charge is -2.29. The van der Waals surface area contributed by atoms with Crippen LogP contribution in [0, 0.1) is 6.92 Å². The number of aromatic nitrogens is 3. The van der Waals surface area contributed by atoms with Gasteiger partial charge < -0.3 is 19.5 Å². The lowest BCUT2D eigenvalue weighted by Crippen LogP contribution is -2.33. The third-order valence-electron chi connectivity index (χ3n) is 5.05. The first kappa shape index (κ1) is 18.6. The summed E-state index contributed by atoms with van der Waals surface area (Å²) in [4.78, 5) is 11.1. The van der Waals surface area contributed by atoms with Crippen molar-refractivity contribution >= 4 is 17.3 Å². The fourth-order valence-electron chi connectivity index (χ4n) is 3.79. The van der Waals surface area contributed by atoms with E-state index < -0.39 is 0 Å². The van der Waals surface area contributed by atoms with Crippen molar-refractivity contribution in [3.8, 4) is 5.69 Å². The molecular weight excluding hydrogens is 370 g/mol. The number of ether oxygens (including phenoxy) is 1. The molecule has 28 heavy (non-hydrogen) atoms. The Bertz CT molecular complexity index is 944. The summed E-state index contributed by atoms with van der Waals surface area (Å²) in [6.07, 6.45) is 5.49. The molecule has 0 aliphatic carbocycles. The van der Waals surface area contributed by atoms with Crippen LogP contribution < -0.4 is 5.32 Å². The second-order valence-corrected chi connectivity index (χ2v) is 7.15. The monoisotopic (exact) mass is 393 g/mol. The Labute approximate surface area is 170 Å². The smallest absolute Gasteiger partial charge is 0.170 e. The number of rotatable bonds is 6. The van der Waals surface area contributed by atoms with Gasteiger partial charge in [0.1, 0.15) is 0 Å². The zero-order valence-electron chi connectivity index (χ0n) is 15.9. The number of thiocarbonyl (C=S) groups is 1. The lowest BCUT2D eigenvalue weighted by molar-refractivity contribution is 0.163. The third-order valence-corrected chi connectivity index (χ3v) is 5.40. The minimum atomic E-state index is -0.0460. The maximum Gasteiger partial charge on any atom is 0.170 e. The number of hydrogen-bond acceptors (Lipinski definition) is 4. The summed E-state index contributed by atoms with van der Waals surface area (Å²) >= 11 is 5.68. The predicted octanol–water partition coefficient (Wildman–Crippen LogP) is 3.19. The number of nitrogens with zero attached hydrogens (tertiary/aromatic N) is 4. The molecule has 3 aromatic rings. The highest BCUT2D eigenvalue weighted by molar-refractivity contribution is 7.80. The van der Waals surface area contributed by atoms with Gasteiger partial charge in [0.05, 0.1) is 36.3 Å². The Hall–Kier alpha value is -2.77. The van der Waals surface area contributed by atoms with Gasteiger partial charge in [-0.15, -0.1) is 0 Å². The molecule has 1 N–H and O–H groups in total. The predicted molar refractivity (Wildman–Crippen MR) is 112 cm³/mol. The lowest BCUT2D eigenvalue weighted by atomic mass is 10.0. The van der Waals surface area contributed by atoms with E-state index in [4.69, 9.17) is 17.0 Å². The van der Waals surface area contributed by atoms with Crippen LogP contribution >= 0.6 is 12.2 Å². The van der Waals surface area contributed by atoms with Gasteiger partial charge in [0, 0.05) is 37.4 Å². The fraction of sp³-hybridized carbons (Fsp3) is 0.286. The molecule has 0 unspecified atom stereocenters. The maximum atomic E-state index is 5.68. The average molecular weight is 394 g/mol. The molecule has 4 heterocycles. The highest BCUT2D eigenvalue weighted by Crippen LogP contribution is 2.39. The molecule has 1 aliphatic rings. The van der Waals surface area contributed by atoms with Gasteiger partial charge in [-0.1, -0.05) is 6.07 Å². The van der Waals surface area contributed by atoms with Crippen LogP contribution in [0.4, 0.5) is 0 Å². The second kappa shape index (κ2) is 8.08. The van der Waals surface area contributed by atoms with Crippen molar-refractivity contribution in [1.29, 1.82) is 0 Å². The summed E-state index contributed by atoms with van der Waals surface area (Å²) in [7, 11) is 1.71. The van der Waals surface area contributed by atoms with Crippen molar-refractivity contribution in [2.24, 2.45) is 0 Å². The first-order chi connectivity index (χ1) is 13.7. The zero-order valence-corrected chi connectivity index (χ0v) is 16.8. The van der Waals surface area contributed by atoms with E-state index in [1.165, 1.54) is 0 Å². The van der Waals surface area contributed by atoms with E-state index >= 15 is 0 Å². The Kier molecular flexibility index (Phi) is 5.36. The van der Waals surface area contributed by atoms with Gasteiger partial charge in [0.15, 0.2) is 5.11 Å². The molecule has 1 saturated heterocycles. The van der Waals surface area contributed by atoms with Gasteiger partial charge in [-0.05, 0) is 55.5 Å². The summed E-state index contributed by atoms with van der Waals surface area (Å²) in [6, 6.07) is 14.2. The minimum absolute atomic E-state index is 0.00791. The van der Waals surface area contributed by atoms with Gasteiger partial charge in [-0.3, -0.25) is 9.97 Å². The molecule has 0 amide bonds. The first-order valence-corrected chi connectivity index (χ1v) is 9.67. The Balaban J connectivity index is 1.82. The molecule has 0 spiro atoms. The number of pyridine rings is 2. The fourth-order valence-corrected chi connectivity index (χ4v) is 4.12. The molecule has 6 nitrogen and oxygen atoms in total. The summed E-state index contributed by atoms with van der Waals surface area (Å²) in [5.74, 6) is 0. The number of nitrogens with one attached hydrogen (secondary N) is 1. The van der Waals surface area contributed by atoms with Crippen LogP contribution in [-0.4, -0.2) is 44.8 Å². The van der Waals surface area contributed by atoms with Gasteiger partial charge in [0.25, 0.3) is 0 Å². The van der Waals surface area contributed by atoms with Crippen LogP contribution in [0.15, 0.2) is 61.1 Å². The van der Waals surface area contributed by atoms with Gasteiger partial charge in [-0.25, -0.2) is 0 Å². The maximum absolute atomic E-state index is 5.68. The van der Waals surface area contributed by atoms with Crippen LogP contribution in [0.2, 0.25) is 0 Å². The van der Waals surface area contributed by atoms with Crippen molar-refractivity contribution in [2.45, 2.75) is 19.0 Å². The summed E-state index contributed by atoms with van der Waals surface area (Å²) in [6.45, 7) is 3.40. The topological polar surface area (TPSA) is 55.2 Å². The van der Waals surface area contributed by atoms with Gasteiger partial charge >= 0.3 is 0 Å². The summed E-state index contributed by atoms with van der Waals surface area (Å²) in [5.41, 5.74) is 4.28. The molecule has 0 saturated carbocycles. The van der Waals surface area contributed by atoms with Crippen molar-refractivity contribution < 1.29 is 4.74 Å². The number of methoxy groups -OCH3 is 1. The van der Waals surface area contributed by atoms with Crippen LogP contribution in [0.25, 0.3) is 5.69 Å². The molecule has 0 radical (unpaired) electrons. The van der Waals surface area contributed by atoms with Crippen LogP contribution in [0.5, 0.6) is 0 Å². The van der Waals surface area contributed by atoms with E-state index in [0.717, 1.165) is 22.8 Å². The first-order valence-electron chi connectivity index (χ1n) is 9.26. The molecule has 144 valence electrons. The van der Waals surface area contributed by atoms with Crippen molar-refractivity contribution in [3.05, 3.63) is 78.1 Å². The van der Waals surface area contributed by atoms with Crippen molar-refractivity contribution in [2.75, 3.05) is 20.3 Å². The Morgan fingerprint density at radius 3 is 2.75 bits per heavy atom. The molecule has 1 fully saturated rings. The van der Waals surface area contributed by atoms with Crippen molar-refractivity contribution in [3.63, 3.8) is 0 Å². The minimum Gasteiger partial charge on any atom is -0.383 e. The summed E-state index contributed by atoms with van der Waals surface area (Å²) in [5, 5.41) is 4.19. The number of aryl methyl sites for hydroxylation is 1. The van der Waals surface area contributed by atoms with Gasteiger partial charge in [-0.2, -0.15) is 0 Å². The quantitative estimate of drug-likeness (QED) is 0.649. The number of hydrogen-bond donors (Lipinski definition) is 1. The average Bonchev–Trinajstić information content (AvgIpc) is 3.27. The standard InChI is InChI=1S/C21H23N5OS/c1-15-8-9-18(26(15)16-6-5-10-22-14-16)20-19(17-7-3-4-11-23-17)24-21(28)25(20)12-13-27-2/h3-11,14,19-20H,12-13H2,1-2H3,(H,24,28)/t19-,20+/m1/s1. The van der Waals surface area contributed by atoms with E-state index in [9.17, 15) is 0 Å². The summed E-state index contributed by atoms with van der Waals surface area (Å²) < 4.78 is 7.57. The largest absolute Gasteiger partial charge is 0.383 e. The Morgan fingerprint density at radius 1 is 1.14 bits per heavy atom. The highest BCUT2D eigenvalue weighted by atomic mass is 32.1. The molecule has 7 heteroatoms. The van der Waals surface area contributed by atoms with E-state index in [2.05, 4.69) is 49.9 Å². The van der Waals surface area contributed by atoms with E-state index in [1.807, 2.05) is 36.7 Å². The molecule has 2 atom stereocenters. The Morgan fingerprint density at radius 2 is 2.04 bits per heavy atom. The van der Waals surface area contributed by atoms with Gasteiger partial charge in [0.2, 0.25) is 0 Å². The van der Waals surface area contributed by atoms with Crippen molar-refractivity contribution in [1.82, 2.24) is 24.8 Å². The highest BCUT2D eigenvalue weighted by Gasteiger charge is 2.41. The third kappa shape index (κ3) is 3.39. The van der Waals surface area contributed by atoms with Crippen LogP contribution in [0.1, 0.15) is 29.2 Å². The molecule has 1 aliphatic heterocycles. The zero-order chi connectivity index (χ0) is 19.5. The normalized spacial score (nSPS) is 19.1. The van der Waals surface area contributed by atoms with Crippen LogP contribution in [-0.2, 0) is 4.74 Å². The van der Waals surface area contributed by atoms with Crippen LogP contribution in [0.3, 0.4) is 0 Å². The molecule has 4 rings (SSSR count). The molecule has 0 aromatic carbocycles. The second-order valence-electron chi connectivity index (χ2n) is 6.76. The van der Waals surface area contributed by atoms with E-state index in [0.29, 0.717) is 18.3 Å². The molecule has 0 bridgehead atoms. The van der Waals surface area contributed by atoms with E-state index in [1.54, 1.807) is 13.3 Å². The van der Waals surface area contributed by atoms with E-state index in [-0.39, 0.29) is 12.1 Å². The molecule has 3 aromatic heterocycles. The molecular formula is C21H23N5OS. The SMILES string of the molecule is COCCN1C(=S)N[C@H](c2ccccn2)[C@@H]1c1ccc(C)n1-c1cccnc1.